The molecule has 5 nitrogen and oxygen atoms in total. The third-order valence-corrected chi connectivity index (χ3v) is 8.16. The van der Waals surface area contributed by atoms with Crippen LogP contribution in [0, 0.1) is 13.8 Å². The van der Waals surface area contributed by atoms with Gasteiger partial charge in [-0.1, -0.05) is 54.6 Å². The van der Waals surface area contributed by atoms with Crippen molar-refractivity contribution < 1.29 is 22.8 Å². The standard InChI is InChI=1S/C35H24F3N3O2/c1-19-7-6-8-20(2)30(19)41-25(17-28-31(42)26-15-22-9-4-5-10-23(22)16-27(26)32(28)43)18-29-34(41)39-33(40(29)3)21-11-13-24(14-12-21)35(36,37)38/h4-18H,1-3H3. The number of carbonyl (C=O) groups is 2. The Labute approximate surface area is 244 Å². The van der Waals surface area contributed by atoms with E-state index in [1.807, 2.05) is 71.5 Å². The number of rotatable bonds is 3. The van der Waals surface area contributed by atoms with Crippen molar-refractivity contribution in [2.75, 3.05) is 0 Å². The average Bonchev–Trinajstić information content (AvgIpc) is 3.56. The molecule has 0 amide bonds. The highest BCUT2D eigenvalue weighted by molar-refractivity contribution is 6.42. The molecule has 2 aromatic heterocycles. The highest BCUT2D eigenvalue weighted by atomic mass is 19.4. The Morgan fingerprint density at radius 2 is 1.35 bits per heavy atom. The number of hydrogen-bond donors (Lipinski definition) is 0. The number of nitrogens with zero attached hydrogens (tertiary/aromatic N) is 3. The lowest BCUT2D eigenvalue weighted by molar-refractivity contribution is -0.137. The van der Waals surface area contributed by atoms with Crippen LogP contribution in [-0.4, -0.2) is 25.7 Å². The van der Waals surface area contributed by atoms with E-state index in [9.17, 15) is 22.8 Å². The number of fused-ring (bicyclic) bond motifs is 3. The first-order chi connectivity index (χ1) is 20.5. The number of Topliss-reactive ketones (excluding diaryl/α,β-unsaturated/α-hetero) is 2. The van der Waals surface area contributed by atoms with Gasteiger partial charge in [0.1, 0.15) is 5.82 Å². The molecule has 8 heteroatoms. The van der Waals surface area contributed by atoms with E-state index in [1.54, 1.807) is 25.3 Å². The van der Waals surface area contributed by atoms with E-state index in [0.29, 0.717) is 39.4 Å². The van der Waals surface area contributed by atoms with Crippen LogP contribution in [0.5, 0.6) is 0 Å². The van der Waals surface area contributed by atoms with Crippen molar-refractivity contribution in [3.63, 3.8) is 0 Å². The number of para-hydroxylation sites is 1. The van der Waals surface area contributed by atoms with Crippen molar-refractivity contribution in [1.29, 1.82) is 0 Å². The fraction of sp³-hybridized carbons (Fsp3) is 0.114. The molecule has 212 valence electrons. The zero-order valence-electron chi connectivity index (χ0n) is 23.5. The summed E-state index contributed by atoms with van der Waals surface area (Å²) in [6, 6.07) is 23.8. The number of allylic oxidation sites excluding steroid dienone is 1. The van der Waals surface area contributed by atoms with Gasteiger partial charge < -0.3 is 4.57 Å². The average molecular weight is 576 g/mol. The van der Waals surface area contributed by atoms with E-state index in [1.165, 1.54) is 12.1 Å². The van der Waals surface area contributed by atoms with Crippen molar-refractivity contribution in [3.05, 3.63) is 124 Å². The maximum absolute atomic E-state index is 13.6. The predicted octanol–water partition coefficient (Wildman–Crippen LogP) is 8.28. The van der Waals surface area contributed by atoms with Gasteiger partial charge in [-0.15, -0.1) is 0 Å². The SMILES string of the molecule is Cc1cccc(C)c1-n1c(C=C2C(=O)c3cc4ccccc4cc3C2=O)cc2c1nc(-c1ccc(C(F)(F)F)cc1)n2C. The van der Waals surface area contributed by atoms with E-state index in [-0.39, 0.29) is 17.1 Å². The van der Waals surface area contributed by atoms with Crippen molar-refractivity contribution >= 4 is 39.6 Å². The molecule has 0 aliphatic heterocycles. The van der Waals surface area contributed by atoms with Gasteiger partial charge >= 0.3 is 6.18 Å². The lowest BCUT2D eigenvalue weighted by Gasteiger charge is -2.14. The number of halogens is 3. The minimum atomic E-state index is -4.44. The molecule has 0 saturated heterocycles. The monoisotopic (exact) mass is 575 g/mol. The van der Waals surface area contributed by atoms with Crippen LogP contribution < -0.4 is 0 Å². The third kappa shape index (κ3) is 4.13. The first kappa shape index (κ1) is 26.6. The Hall–Kier alpha value is -5.24. The second kappa shape index (κ2) is 9.39. The van der Waals surface area contributed by atoms with Gasteiger partial charge in [0.2, 0.25) is 0 Å². The number of imidazole rings is 1. The molecular formula is C35H24F3N3O2. The molecule has 1 aliphatic rings. The van der Waals surface area contributed by atoms with Gasteiger partial charge in [-0.2, -0.15) is 13.2 Å². The van der Waals surface area contributed by atoms with Gasteiger partial charge in [0, 0.05) is 23.7 Å². The minimum Gasteiger partial charge on any atom is -0.326 e. The van der Waals surface area contributed by atoms with Gasteiger partial charge in [0.25, 0.3) is 0 Å². The summed E-state index contributed by atoms with van der Waals surface area (Å²) in [5.41, 5.74) is 5.25. The van der Waals surface area contributed by atoms with Crippen LogP contribution in [0.4, 0.5) is 13.2 Å². The Kier molecular flexibility index (Phi) is 5.82. The lowest BCUT2D eigenvalue weighted by atomic mass is 10.0. The fourth-order valence-corrected chi connectivity index (χ4v) is 6.00. The van der Waals surface area contributed by atoms with Gasteiger partial charge in [0.15, 0.2) is 17.2 Å². The van der Waals surface area contributed by atoms with E-state index >= 15 is 0 Å². The fourth-order valence-electron chi connectivity index (χ4n) is 6.00. The van der Waals surface area contributed by atoms with Crippen molar-refractivity contribution in [2.45, 2.75) is 20.0 Å². The predicted molar refractivity (Wildman–Crippen MR) is 161 cm³/mol. The van der Waals surface area contributed by atoms with Crippen molar-refractivity contribution in [3.8, 4) is 17.1 Å². The largest absolute Gasteiger partial charge is 0.416 e. The lowest BCUT2D eigenvalue weighted by Crippen LogP contribution is -2.06. The molecule has 1 aliphatic carbocycles. The zero-order chi connectivity index (χ0) is 30.2. The summed E-state index contributed by atoms with van der Waals surface area (Å²) in [6.45, 7) is 3.94. The molecule has 0 atom stereocenters. The van der Waals surface area contributed by atoms with Gasteiger partial charge in [-0.3, -0.25) is 14.2 Å². The van der Waals surface area contributed by atoms with E-state index in [2.05, 4.69) is 0 Å². The summed E-state index contributed by atoms with van der Waals surface area (Å²) in [5, 5.41) is 1.77. The van der Waals surface area contributed by atoms with Crippen molar-refractivity contribution in [1.82, 2.24) is 14.1 Å². The molecule has 0 saturated carbocycles. The molecule has 0 unspecified atom stereocenters. The molecule has 0 bridgehead atoms. The maximum atomic E-state index is 13.6. The van der Waals surface area contributed by atoms with Crippen LogP contribution in [-0.2, 0) is 13.2 Å². The Morgan fingerprint density at radius 3 is 1.91 bits per heavy atom. The quantitative estimate of drug-likeness (QED) is 0.158. The highest BCUT2D eigenvalue weighted by Gasteiger charge is 2.34. The first-order valence-electron chi connectivity index (χ1n) is 13.7. The Morgan fingerprint density at radius 1 is 0.767 bits per heavy atom. The summed E-state index contributed by atoms with van der Waals surface area (Å²) in [6.07, 6.45) is -2.81. The van der Waals surface area contributed by atoms with Crippen LogP contribution in [0.1, 0.15) is 43.1 Å². The topological polar surface area (TPSA) is 56.9 Å². The maximum Gasteiger partial charge on any atom is 0.416 e. The number of alkyl halides is 3. The molecular weight excluding hydrogens is 551 g/mol. The molecule has 6 aromatic rings. The summed E-state index contributed by atoms with van der Waals surface area (Å²) in [5.74, 6) is -0.171. The van der Waals surface area contributed by atoms with Crippen molar-refractivity contribution in [2.24, 2.45) is 7.05 Å². The van der Waals surface area contributed by atoms with Crippen LogP contribution in [0.2, 0.25) is 0 Å². The van der Waals surface area contributed by atoms with Gasteiger partial charge in [0.05, 0.1) is 28.0 Å². The van der Waals surface area contributed by atoms with Gasteiger partial charge in [-0.05, 0) is 72.2 Å². The highest BCUT2D eigenvalue weighted by Crippen LogP contribution is 2.36. The Balaban J connectivity index is 1.42. The summed E-state index contributed by atoms with van der Waals surface area (Å²) >= 11 is 0. The number of ketones is 2. The number of aryl methyl sites for hydroxylation is 3. The van der Waals surface area contributed by atoms with E-state index < -0.39 is 11.7 Å². The number of aromatic nitrogens is 3. The van der Waals surface area contributed by atoms with Gasteiger partial charge in [-0.25, -0.2) is 4.98 Å². The smallest absolute Gasteiger partial charge is 0.326 e. The second-order valence-electron chi connectivity index (χ2n) is 10.9. The molecule has 0 N–H and O–H groups in total. The minimum absolute atomic E-state index is 0.0727. The molecule has 0 fully saturated rings. The van der Waals surface area contributed by atoms with E-state index in [4.69, 9.17) is 4.98 Å². The first-order valence-corrected chi connectivity index (χ1v) is 13.7. The number of carbonyl (C=O) groups excluding carboxylic acids is 2. The van der Waals surface area contributed by atoms with Crippen LogP contribution >= 0.6 is 0 Å². The second-order valence-corrected chi connectivity index (χ2v) is 10.9. The van der Waals surface area contributed by atoms with Crippen LogP contribution in [0.25, 0.3) is 45.1 Å². The summed E-state index contributed by atoms with van der Waals surface area (Å²) < 4.78 is 43.3. The normalized spacial score (nSPS) is 13.4. The molecule has 0 spiro atoms. The summed E-state index contributed by atoms with van der Waals surface area (Å²) in [4.78, 5) is 32.1. The van der Waals surface area contributed by atoms with E-state index in [0.717, 1.165) is 39.7 Å². The third-order valence-electron chi connectivity index (χ3n) is 8.16. The summed E-state index contributed by atoms with van der Waals surface area (Å²) in [7, 11) is 1.79. The van der Waals surface area contributed by atoms with Crippen LogP contribution in [0.15, 0.2) is 90.5 Å². The molecule has 43 heavy (non-hydrogen) atoms. The number of benzene rings is 4. The van der Waals surface area contributed by atoms with Crippen LogP contribution in [0.3, 0.4) is 0 Å². The molecule has 2 heterocycles. The zero-order valence-corrected chi connectivity index (χ0v) is 23.5. The Bertz CT molecular complexity index is 2100. The molecule has 4 aromatic carbocycles. The molecule has 7 rings (SSSR count). The molecule has 0 radical (unpaired) electrons. The number of hydrogen-bond acceptors (Lipinski definition) is 3.